The number of H-pyrrole nitrogens is 1. The van der Waals surface area contributed by atoms with E-state index in [1.54, 1.807) is 0 Å². The largest absolute Gasteiger partial charge is 0.466 e. The number of aromatic amines is 1. The van der Waals surface area contributed by atoms with Crippen LogP contribution < -0.4 is 4.90 Å². The summed E-state index contributed by atoms with van der Waals surface area (Å²) < 4.78 is 5.10. The zero-order valence-electron chi connectivity index (χ0n) is 13.5. The lowest BCUT2D eigenvalue weighted by molar-refractivity contribution is -0.909. The number of hydrogen-bond acceptors (Lipinski definition) is 3. The second-order valence-corrected chi connectivity index (χ2v) is 6.29. The van der Waals surface area contributed by atoms with Crippen LogP contribution in [0.5, 0.6) is 0 Å². The fraction of sp³-hybridized carbons (Fsp3) is 0.500. The number of para-hydroxylation sites is 1. The van der Waals surface area contributed by atoms with E-state index in [9.17, 15) is 9.90 Å². The van der Waals surface area contributed by atoms with E-state index in [-0.39, 0.29) is 11.9 Å². The molecule has 1 aliphatic rings. The highest BCUT2D eigenvalue weighted by Crippen LogP contribution is 2.23. The van der Waals surface area contributed by atoms with Crippen molar-refractivity contribution in [2.24, 2.45) is 5.92 Å². The molecule has 0 spiro atoms. The quantitative estimate of drug-likeness (QED) is 0.723. The van der Waals surface area contributed by atoms with Crippen LogP contribution in [-0.2, 0) is 9.53 Å². The lowest BCUT2D eigenvalue weighted by atomic mass is 9.96. The molecule has 1 aromatic carbocycles. The second-order valence-electron chi connectivity index (χ2n) is 6.29. The Morgan fingerprint density at radius 1 is 1.39 bits per heavy atom. The van der Waals surface area contributed by atoms with Gasteiger partial charge in [0.2, 0.25) is 0 Å². The van der Waals surface area contributed by atoms with Gasteiger partial charge in [-0.1, -0.05) is 18.2 Å². The van der Waals surface area contributed by atoms with Crippen molar-refractivity contribution >= 4 is 16.9 Å². The third kappa shape index (κ3) is 3.57. The van der Waals surface area contributed by atoms with Gasteiger partial charge in [0, 0.05) is 35.5 Å². The summed E-state index contributed by atoms with van der Waals surface area (Å²) in [5.74, 6) is -0.0346. The first-order valence-electron chi connectivity index (χ1n) is 8.43. The van der Waals surface area contributed by atoms with Crippen molar-refractivity contribution in [3.8, 4) is 0 Å². The molecule has 0 amide bonds. The summed E-state index contributed by atoms with van der Waals surface area (Å²) >= 11 is 0. The Bertz CT molecular complexity index is 659. The molecular weight excluding hydrogens is 292 g/mol. The predicted molar refractivity (Wildman–Crippen MR) is 88.2 cm³/mol. The molecule has 124 valence electrons. The van der Waals surface area contributed by atoms with Crippen molar-refractivity contribution in [3.63, 3.8) is 0 Å². The number of aliphatic hydroxyl groups excluding tert-OH is 1. The van der Waals surface area contributed by atoms with Crippen LogP contribution in [0.3, 0.4) is 0 Å². The van der Waals surface area contributed by atoms with Crippen LogP contribution in [0.25, 0.3) is 10.9 Å². The number of fused-ring (bicyclic) bond motifs is 1. The summed E-state index contributed by atoms with van der Waals surface area (Å²) in [7, 11) is 0. The average molecular weight is 317 g/mol. The number of aliphatic hydroxyl groups is 1. The maximum absolute atomic E-state index is 11.8. The Balaban J connectivity index is 1.57. The summed E-state index contributed by atoms with van der Waals surface area (Å²) in [5.41, 5.74) is 2.01. The van der Waals surface area contributed by atoms with E-state index in [2.05, 4.69) is 4.98 Å². The number of likely N-dealkylation sites (tertiary alicyclic amines) is 1. The summed E-state index contributed by atoms with van der Waals surface area (Å²) in [6.07, 6.45) is 3.10. The number of piperidine rings is 1. The van der Waals surface area contributed by atoms with Gasteiger partial charge < -0.3 is 19.7 Å². The van der Waals surface area contributed by atoms with E-state index in [1.165, 1.54) is 4.90 Å². The van der Waals surface area contributed by atoms with E-state index in [4.69, 9.17) is 4.74 Å². The smallest absolute Gasteiger partial charge is 0.309 e. The van der Waals surface area contributed by atoms with Gasteiger partial charge in [-0.25, -0.2) is 0 Å². The Kier molecular flexibility index (Phi) is 4.98. The molecule has 1 aliphatic heterocycles. The van der Waals surface area contributed by atoms with Crippen LogP contribution in [0, 0.1) is 5.92 Å². The lowest BCUT2D eigenvalue weighted by Crippen LogP contribution is -3.13. The number of hydrogen-bond donors (Lipinski definition) is 3. The normalized spacial score (nSPS) is 22.9. The van der Waals surface area contributed by atoms with Gasteiger partial charge in [-0.15, -0.1) is 0 Å². The third-order valence-corrected chi connectivity index (χ3v) is 4.77. The second kappa shape index (κ2) is 7.15. The zero-order valence-corrected chi connectivity index (χ0v) is 13.5. The number of carbonyl (C=O) groups excluding carboxylic acids is 1. The summed E-state index contributed by atoms with van der Waals surface area (Å²) in [4.78, 5) is 16.3. The molecule has 0 unspecified atom stereocenters. The molecule has 3 rings (SSSR count). The summed E-state index contributed by atoms with van der Waals surface area (Å²) in [5, 5.41) is 11.7. The highest BCUT2D eigenvalue weighted by Gasteiger charge is 2.30. The standard InChI is InChI=1S/C18H24N2O3/c1-2-23-18(22)13-7-9-20(10-8-13)12-17(21)15-11-19-16-6-4-3-5-14(15)16/h3-6,11,13,17,19,21H,2,7-10,12H2,1H3/p+1/t17-/m1/s1. The average Bonchev–Trinajstić information content (AvgIpc) is 3.00. The van der Waals surface area contributed by atoms with Crippen molar-refractivity contribution in [2.75, 3.05) is 26.2 Å². The Hall–Kier alpha value is -1.85. The molecule has 1 aromatic heterocycles. The molecule has 5 heteroatoms. The first-order chi connectivity index (χ1) is 11.2. The van der Waals surface area contributed by atoms with Gasteiger partial charge in [0.05, 0.1) is 25.6 Å². The van der Waals surface area contributed by atoms with Gasteiger partial charge in [0.15, 0.2) is 0 Å². The minimum atomic E-state index is -0.486. The van der Waals surface area contributed by atoms with E-state index < -0.39 is 6.10 Å². The van der Waals surface area contributed by atoms with Crippen LogP contribution in [0.2, 0.25) is 0 Å². The minimum absolute atomic E-state index is 0.0314. The molecule has 23 heavy (non-hydrogen) atoms. The molecule has 5 nitrogen and oxygen atoms in total. The predicted octanol–water partition coefficient (Wildman–Crippen LogP) is 1.06. The number of aromatic nitrogens is 1. The maximum atomic E-state index is 11.8. The van der Waals surface area contributed by atoms with Gasteiger partial charge in [0.25, 0.3) is 0 Å². The molecule has 3 N–H and O–H groups in total. The number of rotatable bonds is 5. The highest BCUT2D eigenvalue weighted by atomic mass is 16.5. The van der Waals surface area contributed by atoms with Crippen LogP contribution >= 0.6 is 0 Å². The zero-order chi connectivity index (χ0) is 16.2. The Morgan fingerprint density at radius 3 is 2.87 bits per heavy atom. The molecule has 0 saturated carbocycles. The summed E-state index contributed by atoms with van der Waals surface area (Å²) in [6.45, 7) is 4.78. The van der Waals surface area contributed by atoms with Crippen molar-refractivity contribution < 1.29 is 19.5 Å². The van der Waals surface area contributed by atoms with Gasteiger partial charge in [-0.3, -0.25) is 4.79 Å². The van der Waals surface area contributed by atoms with Crippen molar-refractivity contribution in [2.45, 2.75) is 25.9 Å². The monoisotopic (exact) mass is 317 g/mol. The van der Waals surface area contributed by atoms with E-state index >= 15 is 0 Å². The van der Waals surface area contributed by atoms with Crippen LogP contribution in [-0.4, -0.2) is 42.3 Å². The molecule has 1 fully saturated rings. The molecule has 0 aliphatic carbocycles. The number of benzene rings is 1. The van der Waals surface area contributed by atoms with Crippen molar-refractivity contribution in [1.82, 2.24) is 4.98 Å². The van der Waals surface area contributed by atoms with Gasteiger partial charge in [-0.05, 0) is 13.0 Å². The SMILES string of the molecule is CCOC(=O)C1CC[NH+](C[C@@H](O)c2c[nH]c3ccccc23)CC1. The first-order valence-corrected chi connectivity index (χ1v) is 8.43. The lowest BCUT2D eigenvalue weighted by Gasteiger charge is -2.29. The van der Waals surface area contributed by atoms with Gasteiger partial charge in [-0.2, -0.15) is 0 Å². The van der Waals surface area contributed by atoms with E-state index in [0.717, 1.165) is 42.4 Å². The molecule has 1 saturated heterocycles. The number of esters is 1. The molecular formula is C18H25N2O3+. The number of ether oxygens (including phenoxy) is 1. The first kappa shape index (κ1) is 16.0. The fourth-order valence-corrected chi connectivity index (χ4v) is 3.48. The number of carbonyl (C=O) groups is 1. The minimum Gasteiger partial charge on any atom is -0.466 e. The Morgan fingerprint density at radius 2 is 2.13 bits per heavy atom. The van der Waals surface area contributed by atoms with Gasteiger partial charge in [0.1, 0.15) is 12.6 Å². The van der Waals surface area contributed by atoms with Crippen LogP contribution in [0.4, 0.5) is 0 Å². The number of nitrogens with one attached hydrogen (secondary N) is 2. The molecule has 0 radical (unpaired) electrons. The van der Waals surface area contributed by atoms with E-state index in [1.807, 2.05) is 37.4 Å². The Labute approximate surface area is 136 Å². The van der Waals surface area contributed by atoms with Gasteiger partial charge >= 0.3 is 5.97 Å². The van der Waals surface area contributed by atoms with Crippen molar-refractivity contribution in [1.29, 1.82) is 0 Å². The van der Waals surface area contributed by atoms with E-state index in [0.29, 0.717) is 13.2 Å². The fourth-order valence-electron chi connectivity index (χ4n) is 3.48. The molecule has 2 heterocycles. The molecule has 0 bridgehead atoms. The highest BCUT2D eigenvalue weighted by molar-refractivity contribution is 5.83. The topological polar surface area (TPSA) is 66.8 Å². The van der Waals surface area contributed by atoms with Crippen molar-refractivity contribution in [3.05, 3.63) is 36.0 Å². The summed E-state index contributed by atoms with van der Waals surface area (Å²) in [6, 6.07) is 8.03. The maximum Gasteiger partial charge on any atom is 0.309 e. The molecule has 1 atom stereocenters. The van der Waals surface area contributed by atoms with Crippen LogP contribution in [0.1, 0.15) is 31.4 Å². The molecule has 2 aromatic rings. The van der Waals surface area contributed by atoms with Crippen LogP contribution in [0.15, 0.2) is 30.5 Å². The number of quaternary nitrogens is 1. The third-order valence-electron chi connectivity index (χ3n) is 4.77.